The van der Waals surface area contributed by atoms with Gasteiger partial charge in [-0.1, -0.05) is 34.1 Å². The van der Waals surface area contributed by atoms with Crippen LogP contribution in [0.5, 0.6) is 0 Å². The van der Waals surface area contributed by atoms with Gasteiger partial charge in [-0.2, -0.15) is 4.98 Å². The Labute approximate surface area is 115 Å². The molecule has 0 spiro atoms. The van der Waals surface area contributed by atoms with Crippen LogP contribution in [0, 0.1) is 6.92 Å². The van der Waals surface area contributed by atoms with Crippen molar-refractivity contribution in [3.63, 3.8) is 0 Å². The van der Waals surface area contributed by atoms with Crippen LogP contribution < -0.4 is 5.73 Å². The smallest absolute Gasteiger partial charge is 0.231 e. The summed E-state index contributed by atoms with van der Waals surface area (Å²) in [6.07, 6.45) is 0.896. The van der Waals surface area contributed by atoms with E-state index in [1.165, 1.54) is 5.56 Å². The third kappa shape index (κ3) is 2.62. The van der Waals surface area contributed by atoms with E-state index in [2.05, 4.69) is 33.0 Å². The summed E-state index contributed by atoms with van der Waals surface area (Å²) in [5.41, 5.74) is 7.79. The van der Waals surface area contributed by atoms with Crippen molar-refractivity contribution in [1.82, 2.24) is 10.1 Å². The number of halogens is 1. The predicted molar refractivity (Wildman–Crippen MR) is 74.3 cm³/mol. The molecule has 1 unspecified atom stereocenters. The second-order valence-corrected chi connectivity index (χ2v) is 5.13. The molecule has 2 rings (SSSR count). The first kappa shape index (κ1) is 13.2. The van der Waals surface area contributed by atoms with Crippen LogP contribution in [0.15, 0.2) is 27.2 Å². The predicted octanol–water partition coefficient (Wildman–Crippen LogP) is 3.26. The molecule has 5 heteroatoms. The fourth-order valence-corrected chi connectivity index (χ4v) is 2.42. The Balaban J connectivity index is 2.34. The van der Waals surface area contributed by atoms with Gasteiger partial charge in [0.2, 0.25) is 11.7 Å². The molecule has 0 fully saturated rings. The molecule has 0 bridgehead atoms. The number of rotatable bonds is 4. The summed E-state index contributed by atoms with van der Waals surface area (Å²) in [5.74, 6) is 1.35. The zero-order valence-electron chi connectivity index (χ0n) is 10.5. The molecule has 2 aromatic rings. The SMILES string of the molecule is CCC(CN)c1nc(-c2ccc(C)cc2Br)no1. The van der Waals surface area contributed by atoms with Crippen LogP contribution in [0.1, 0.15) is 30.7 Å². The average Bonchev–Trinajstić information content (AvgIpc) is 2.80. The van der Waals surface area contributed by atoms with Crippen molar-refractivity contribution in [3.05, 3.63) is 34.1 Å². The number of hydrogen-bond acceptors (Lipinski definition) is 4. The van der Waals surface area contributed by atoms with Gasteiger partial charge in [-0.05, 0) is 31.0 Å². The molecule has 1 aromatic carbocycles. The number of aryl methyl sites for hydroxylation is 1. The van der Waals surface area contributed by atoms with Gasteiger partial charge in [0.1, 0.15) is 0 Å². The molecular weight excluding hydrogens is 294 g/mol. The minimum Gasteiger partial charge on any atom is -0.339 e. The molecule has 4 nitrogen and oxygen atoms in total. The van der Waals surface area contributed by atoms with Crippen molar-refractivity contribution in [2.75, 3.05) is 6.54 Å². The zero-order valence-corrected chi connectivity index (χ0v) is 12.1. The highest BCUT2D eigenvalue weighted by Gasteiger charge is 2.17. The second-order valence-electron chi connectivity index (χ2n) is 4.28. The summed E-state index contributed by atoms with van der Waals surface area (Å²) in [4.78, 5) is 4.43. The van der Waals surface area contributed by atoms with E-state index in [4.69, 9.17) is 10.3 Å². The highest BCUT2D eigenvalue weighted by Crippen LogP contribution is 2.28. The molecule has 0 saturated heterocycles. The van der Waals surface area contributed by atoms with Gasteiger partial charge in [0, 0.05) is 16.6 Å². The maximum atomic E-state index is 5.68. The highest BCUT2D eigenvalue weighted by atomic mass is 79.9. The molecule has 0 amide bonds. The zero-order chi connectivity index (χ0) is 13.1. The Bertz CT molecular complexity index is 535. The normalized spacial score (nSPS) is 12.7. The monoisotopic (exact) mass is 309 g/mol. The van der Waals surface area contributed by atoms with Gasteiger partial charge in [-0.25, -0.2) is 0 Å². The number of hydrogen-bond donors (Lipinski definition) is 1. The Kier molecular flexibility index (Phi) is 4.14. The lowest BCUT2D eigenvalue weighted by atomic mass is 10.1. The lowest BCUT2D eigenvalue weighted by Crippen LogP contribution is -2.11. The van der Waals surface area contributed by atoms with E-state index < -0.39 is 0 Å². The van der Waals surface area contributed by atoms with Crippen LogP contribution in [0.4, 0.5) is 0 Å². The van der Waals surface area contributed by atoms with Crippen molar-refractivity contribution in [2.24, 2.45) is 5.73 Å². The maximum absolute atomic E-state index is 5.68. The van der Waals surface area contributed by atoms with Crippen molar-refractivity contribution in [3.8, 4) is 11.4 Å². The quantitative estimate of drug-likeness (QED) is 0.941. The number of benzene rings is 1. The first-order valence-corrected chi connectivity index (χ1v) is 6.75. The summed E-state index contributed by atoms with van der Waals surface area (Å²) >= 11 is 3.52. The van der Waals surface area contributed by atoms with Crippen LogP contribution in [-0.2, 0) is 0 Å². The van der Waals surface area contributed by atoms with E-state index >= 15 is 0 Å². The Hall–Kier alpha value is -1.20. The molecule has 1 atom stereocenters. The second kappa shape index (κ2) is 5.63. The van der Waals surface area contributed by atoms with Gasteiger partial charge in [-0.3, -0.25) is 0 Å². The van der Waals surface area contributed by atoms with Gasteiger partial charge >= 0.3 is 0 Å². The Morgan fingerprint density at radius 2 is 2.22 bits per heavy atom. The molecule has 0 aliphatic rings. The van der Waals surface area contributed by atoms with Gasteiger partial charge < -0.3 is 10.3 Å². The Morgan fingerprint density at radius 3 is 2.83 bits per heavy atom. The first-order valence-electron chi connectivity index (χ1n) is 5.96. The lowest BCUT2D eigenvalue weighted by Gasteiger charge is -2.04. The minimum absolute atomic E-state index is 0.135. The van der Waals surface area contributed by atoms with Crippen molar-refractivity contribution in [2.45, 2.75) is 26.2 Å². The van der Waals surface area contributed by atoms with E-state index in [1.807, 2.05) is 25.1 Å². The van der Waals surface area contributed by atoms with Gasteiger partial charge in [-0.15, -0.1) is 0 Å². The topological polar surface area (TPSA) is 64.9 Å². The summed E-state index contributed by atoms with van der Waals surface area (Å²) in [5, 5.41) is 4.02. The molecule has 96 valence electrons. The first-order chi connectivity index (χ1) is 8.65. The molecule has 2 N–H and O–H groups in total. The molecule has 0 aliphatic heterocycles. The Morgan fingerprint density at radius 1 is 1.44 bits per heavy atom. The van der Waals surface area contributed by atoms with E-state index in [-0.39, 0.29) is 5.92 Å². The summed E-state index contributed by atoms with van der Waals surface area (Å²) in [7, 11) is 0. The molecule has 0 radical (unpaired) electrons. The molecule has 1 heterocycles. The van der Waals surface area contributed by atoms with Gasteiger partial charge in [0.25, 0.3) is 0 Å². The van der Waals surface area contributed by atoms with Crippen molar-refractivity contribution >= 4 is 15.9 Å². The standard InChI is InChI=1S/C13H16BrN3O/c1-3-9(7-15)13-16-12(17-18-13)10-5-4-8(2)6-11(10)14/h4-6,9H,3,7,15H2,1-2H3. The van der Waals surface area contributed by atoms with E-state index in [9.17, 15) is 0 Å². The fraction of sp³-hybridized carbons (Fsp3) is 0.385. The van der Waals surface area contributed by atoms with E-state index in [1.54, 1.807) is 0 Å². The third-order valence-electron chi connectivity index (χ3n) is 2.93. The summed E-state index contributed by atoms with van der Waals surface area (Å²) in [6.45, 7) is 4.62. The van der Waals surface area contributed by atoms with E-state index in [0.717, 1.165) is 16.5 Å². The molecule has 18 heavy (non-hydrogen) atoms. The van der Waals surface area contributed by atoms with Crippen LogP contribution in [0.25, 0.3) is 11.4 Å². The van der Waals surface area contributed by atoms with Gasteiger partial charge in [0.05, 0.1) is 5.92 Å². The molecular formula is C13H16BrN3O. The molecule has 0 aliphatic carbocycles. The van der Waals surface area contributed by atoms with Crippen molar-refractivity contribution in [1.29, 1.82) is 0 Å². The highest BCUT2D eigenvalue weighted by molar-refractivity contribution is 9.10. The van der Waals surface area contributed by atoms with Crippen LogP contribution in [-0.4, -0.2) is 16.7 Å². The molecule has 0 saturated carbocycles. The fourth-order valence-electron chi connectivity index (χ4n) is 1.75. The number of nitrogens with two attached hydrogens (primary N) is 1. The van der Waals surface area contributed by atoms with Crippen LogP contribution in [0.3, 0.4) is 0 Å². The number of nitrogens with zero attached hydrogens (tertiary/aromatic N) is 2. The largest absolute Gasteiger partial charge is 0.339 e. The van der Waals surface area contributed by atoms with Crippen LogP contribution >= 0.6 is 15.9 Å². The average molecular weight is 310 g/mol. The summed E-state index contributed by atoms with van der Waals surface area (Å²) in [6, 6.07) is 6.04. The maximum Gasteiger partial charge on any atom is 0.231 e. The van der Waals surface area contributed by atoms with Crippen molar-refractivity contribution < 1.29 is 4.52 Å². The van der Waals surface area contributed by atoms with E-state index in [0.29, 0.717) is 18.3 Å². The number of aromatic nitrogens is 2. The minimum atomic E-state index is 0.135. The lowest BCUT2D eigenvalue weighted by molar-refractivity contribution is 0.351. The molecule has 1 aromatic heterocycles. The third-order valence-corrected chi connectivity index (χ3v) is 3.59. The van der Waals surface area contributed by atoms with Crippen LogP contribution in [0.2, 0.25) is 0 Å². The van der Waals surface area contributed by atoms with Gasteiger partial charge in [0.15, 0.2) is 0 Å². The summed E-state index contributed by atoms with van der Waals surface area (Å²) < 4.78 is 6.25.